The SMILES string of the molecule is Cc1ccc(S(=O)(=O)N2CCOC(CO)C2)s1. The molecule has 1 N–H and O–H groups in total. The molecule has 2 heterocycles. The maximum absolute atomic E-state index is 12.3. The monoisotopic (exact) mass is 277 g/mol. The van der Waals surface area contributed by atoms with Gasteiger partial charge in [-0.05, 0) is 19.1 Å². The summed E-state index contributed by atoms with van der Waals surface area (Å²) in [6.45, 7) is 2.61. The summed E-state index contributed by atoms with van der Waals surface area (Å²) in [5.74, 6) is 0. The van der Waals surface area contributed by atoms with Crippen LogP contribution in [0.15, 0.2) is 16.3 Å². The van der Waals surface area contributed by atoms with Gasteiger partial charge >= 0.3 is 0 Å². The van der Waals surface area contributed by atoms with Gasteiger partial charge in [-0.2, -0.15) is 4.31 Å². The predicted molar refractivity (Wildman–Crippen MR) is 64.6 cm³/mol. The zero-order valence-electron chi connectivity index (χ0n) is 9.50. The molecule has 1 fully saturated rings. The first-order valence-corrected chi connectivity index (χ1v) is 7.59. The number of hydrogen-bond acceptors (Lipinski definition) is 5. The largest absolute Gasteiger partial charge is 0.394 e. The number of aliphatic hydroxyl groups is 1. The van der Waals surface area contributed by atoms with Gasteiger partial charge in [0.1, 0.15) is 4.21 Å². The Bertz CT molecular complexity index is 482. The van der Waals surface area contributed by atoms with E-state index in [-0.39, 0.29) is 13.2 Å². The second-order valence-electron chi connectivity index (χ2n) is 3.90. The summed E-state index contributed by atoms with van der Waals surface area (Å²) < 4.78 is 31.5. The van der Waals surface area contributed by atoms with E-state index >= 15 is 0 Å². The predicted octanol–water partition coefficient (Wildman–Crippen LogP) is 0.438. The van der Waals surface area contributed by atoms with Gasteiger partial charge < -0.3 is 9.84 Å². The van der Waals surface area contributed by atoms with Crippen molar-refractivity contribution in [2.24, 2.45) is 0 Å². The molecule has 1 aromatic rings. The summed E-state index contributed by atoms with van der Waals surface area (Å²) in [6.07, 6.45) is -0.417. The summed E-state index contributed by atoms with van der Waals surface area (Å²) >= 11 is 1.26. The van der Waals surface area contributed by atoms with Crippen molar-refractivity contribution in [1.82, 2.24) is 4.31 Å². The standard InChI is InChI=1S/C10H15NO4S2/c1-8-2-3-10(16-8)17(13,14)11-4-5-15-9(6-11)7-12/h2-3,9,12H,4-7H2,1H3. The molecule has 96 valence electrons. The van der Waals surface area contributed by atoms with Crippen LogP contribution in [-0.2, 0) is 14.8 Å². The minimum atomic E-state index is -3.42. The quantitative estimate of drug-likeness (QED) is 0.870. The van der Waals surface area contributed by atoms with Crippen molar-refractivity contribution in [2.45, 2.75) is 17.2 Å². The smallest absolute Gasteiger partial charge is 0.252 e. The molecular formula is C10H15NO4S2. The fourth-order valence-electron chi connectivity index (χ4n) is 1.70. The average molecular weight is 277 g/mol. The maximum atomic E-state index is 12.3. The lowest BCUT2D eigenvalue weighted by Crippen LogP contribution is -2.46. The van der Waals surface area contributed by atoms with Crippen molar-refractivity contribution in [3.05, 3.63) is 17.0 Å². The second kappa shape index (κ2) is 5.03. The Kier molecular flexibility index (Phi) is 3.84. The minimum Gasteiger partial charge on any atom is -0.394 e. The first kappa shape index (κ1) is 13.0. The van der Waals surface area contributed by atoms with Gasteiger partial charge in [0.15, 0.2) is 0 Å². The number of thiophene rings is 1. The summed E-state index contributed by atoms with van der Waals surface area (Å²) in [4.78, 5) is 0.968. The summed E-state index contributed by atoms with van der Waals surface area (Å²) in [6, 6.07) is 3.42. The molecule has 1 aromatic heterocycles. The van der Waals surface area contributed by atoms with Crippen LogP contribution < -0.4 is 0 Å². The van der Waals surface area contributed by atoms with Crippen LogP contribution in [0.5, 0.6) is 0 Å². The third-order valence-electron chi connectivity index (χ3n) is 2.62. The van der Waals surface area contributed by atoms with Crippen LogP contribution in [0, 0.1) is 6.92 Å². The van der Waals surface area contributed by atoms with E-state index in [1.807, 2.05) is 6.92 Å². The first-order chi connectivity index (χ1) is 8.04. The van der Waals surface area contributed by atoms with Gasteiger partial charge in [0.25, 0.3) is 10.0 Å². The highest BCUT2D eigenvalue weighted by molar-refractivity contribution is 7.91. The number of sulfonamides is 1. The van der Waals surface area contributed by atoms with Crippen molar-refractivity contribution in [3.8, 4) is 0 Å². The molecule has 0 aromatic carbocycles. The number of rotatable bonds is 3. The van der Waals surface area contributed by atoms with Gasteiger partial charge in [0.2, 0.25) is 0 Å². The molecule has 1 unspecified atom stereocenters. The normalized spacial score (nSPS) is 22.8. The molecule has 0 saturated carbocycles. The fraction of sp³-hybridized carbons (Fsp3) is 0.600. The van der Waals surface area contributed by atoms with E-state index in [9.17, 15) is 8.42 Å². The number of aryl methyl sites for hydroxylation is 1. The number of aliphatic hydroxyl groups excluding tert-OH is 1. The van der Waals surface area contributed by atoms with E-state index < -0.39 is 16.1 Å². The summed E-state index contributed by atoms with van der Waals surface area (Å²) in [5.41, 5.74) is 0. The zero-order chi connectivity index (χ0) is 12.5. The van der Waals surface area contributed by atoms with Crippen molar-refractivity contribution >= 4 is 21.4 Å². The fourth-order valence-corrected chi connectivity index (χ4v) is 4.59. The van der Waals surface area contributed by atoms with Crippen LogP contribution in [-0.4, -0.2) is 50.2 Å². The third-order valence-corrected chi connectivity index (χ3v) is 5.95. The Hall–Kier alpha value is -0.470. The molecule has 7 heteroatoms. The Balaban J connectivity index is 2.21. The molecule has 0 spiro atoms. The molecular weight excluding hydrogens is 262 g/mol. The molecule has 0 aliphatic carbocycles. The van der Waals surface area contributed by atoms with Crippen LogP contribution in [0.25, 0.3) is 0 Å². The number of ether oxygens (including phenoxy) is 1. The van der Waals surface area contributed by atoms with Gasteiger partial charge in [0.05, 0.1) is 19.3 Å². The van der Waals surface area contributed by atoms with Crippen LogP contribution in [0.2, 0.25) is 0 Å². The Morgan fingerprint density at radius 2 is 2.35 bits per heavy atom. The third kappa shape index (κ3) is 2.69. The van der Waals surface area contributed by atoms with E-state index in [2.05, 4.69) is 0 Å². The lowest BCUT2D eigenvalue weighted by molar-refractivity contribution is -0.0304. The lowest BCUT2D eigenvalue weighted by Gasteiger charge is -2.30. The van der Waals surface area contributed by atoms with Crippen LogP contribution >= 0.6 is 11.3 Å². The summed E-state index contributed by atoms with van der Waals surface area (Å²) in [5, 5.41) is 9.01. The van der Waals surface area contributed by atoms with Crippen molar-refractivity contribution in [2.75, 3.05) is 26.3 Å². The molecule has 1 saturated heterocycles. The van der Waals surface area contributed by atoms with E-state index in [1.165, 1.54) is 15.6 Å². The molecule has 0 bridgehead atoms. The van der Waals surface area contributed by atoms with E-state index in [0.29, 0.717) is 17.4 Å². The van der Waals surface area contributed by atoms with Crippen LogP contribution in [0.1, 0.15) is 4.88 Å². The van der Waals surface area contributed by atoms with E-state index in [4.69, 9.17) is 9.84 Å². The van der Waals surface area contributed by atoms with Gasteiger partial charge in [-0.25, -0.2) is 8.42 Å². The van der Waals surface area contributed by atoms with Gasteiger partial charge in [0, 0.05) is 18.0 Å². The minimum absolute atomic E-state index is 0.157. The average Bonchev–Trinajstić information content (AvgIpc) is 2.76. The Morgan fingerprint density at radius 3 is 2.94 bits per heavy atom. The highest BCUT2D eigenvalue weighted by atomic mass is 32.2. The van der Waals surface area contributed by atoms with Gasteiger partial charge in [-0.3, -0.25) is 0 Å². The van der Waals surface area contributed by atoms with Gasteiger partial charge in [-0.1, -0.05) is 0 Å². The highest BCUT2D eigenvalue weighted by Gasteiger charge is 2.31. The molecule has 17 heavy (non-hydrogen) atoms. The topological polar surface area (TPSA) is 66.8 Å². The Labute approximate surface area is 105 Å². The molecule has 1 atom stereocenters. The first-order valence-electron chi connectivity index (χ1n) is 5.33. The number of nitrogens with zero attached hydrogens (tertiary/aromatic N) is 1. The Morgan fingerprint density at radius 1 is 1.59 bits per heavy atom. The maximum Gasteiger partial charge on any atom is 0.252 e. The highest BCUT2D eigenvalue weighted by Crippen LogP contribution is 2.25. The molecule has 2 rings (SSSR count). The van der Waals surface area contributed by atoms with Crippen LogP contribution in [0.4, 0.5) is 0 Å². The second-order valence-corrected chi connectivity index (χ2v) is 7.36. The zero-order valence-corrected chi connectivity index (χ0v) is 11.1. The van der Waals surface area contributed by atoms with Crippen molar-refractivity contribution < 1.29 is 18.3 Å². The molecule has 1 aliphatic heterocycles. The molecule has 0 amide bonds. The molecule has 0 radical (unpaired) electrons. The lowest BCUT2D eigenvalue weighted by atomic mass is 10.3. The van der Waals surface area contributed by atoms with E-state index in [1.54, 1.807) is 12.1 Å². The van der Waals surface area contributed by atoms with Crippen molar-refractivity contribution in [1.29, 1.82) is 0 Å². The summed E-state index contributed by atoms with van der Waals surface area (Å²) in [7, 11) is -3.42. The number of hydrogen-bond donors (Lipinski definition) is 1. The van der Waals surface area contributed by atoms with Crippen molar-refractivity contribution in [3.63, 3.8) is 0 Å². The van der Waals surface area contributed by atoms with Crippen LogP contribution in [0.3, 0.4) is 0 Å². The van der Waals surface area contributed by atoms with Gasteiger partial charge in [-0.15, -0.1) is 11.3 Å². The number of morpholine rings is 1. The van der Waals surface area contributed by atoms with E-state index in [0.717, 1.165) is 4.88 Å². The molecule has 5 nitrogen and oxygen atoms in total. The molecule has 1 aliphatic rings.